The summed E-state index contributed by atoms with van der Waals surface area (Å²) in [5.74, 6) is 0. The van der Waals surface area contributed by atoms with E-state index in [1.54, 1.807) is 0 Å². The molecule has 5 fully saturated rings. The number of rotatable bonds is 28. The van der Waals surface area contributed by atoms with Crippen LogP contribution in [0.5, 0.6) is 0 Å². The van der Waals surface area contributed by atoms with Crippen LogP contribution in [0.15, 0.2) is 78.9 Å². The molecule has 51 heteroatoms. The number of aryl methyl sites for hydroxylation is 5. The lowest BCUT2D eigenvalue weighted by Crippen LogP contribution is -2.33. The number of aromatic amines is 5. The van der Waals surface area contributed by atoms with E-state index in [9.17, 15) is 105 Å². The molecule has 5 aromatic heterocycles. The van der Waals surface area contributed by atoms with E-state index in [1.165, 1.54) is 40.8 Å². The first kappa shape index (κ1) is 77.3. The lowest BCUT2D eigenvalue weighted by atomic mass is 10.2. The Hall–Kier alpha value is -6.29. The minimum Gasteiger partial charge on any atom is -0.390 e. The fraction of sp³-hybridized carbons (Fsp3) is 0.600. The summed E-state index contributed by atoms with van der Waals surface area (Å²) in [6.07, 6.45) is -21.3. The second-order valence-corrected chi connectivity index (χ2v) is 30.6. The van der Waals surface area contributed by atoms with Gasteiger partial charge in [0.2, 0.25) is 0 Å². The van der Waals surface area contributed by atoms with Gasteiger partial charge < -0.3 is 58.2 Å². The van der Waals surface area contributed by atoms with Crippen molar-refractivity contribution in [1.82, 2.24) is 47.8 Å². The number of phosphoric ester groups is 5. The summed E-state index contributed by atoms with van der Waals surface area (Å²) in [5, 5.41) is 10.8. The van der Waals surface area contributed by atoms with Crippen molar-refractivity contribution < 1.29 is 122 Å². The SMILES string of the molecule is Cc1cn([C@H]2C[C@H](OP(=O)(O)OC[C@H]3O[C@@H](n4cc(C)c(=O)[nH]c4=O)C[C@@H]3OP(=O)(O)OC[C@H]3O[C@@H](n4cc(C)c(=O)[nH]c4=O)C[C@@H]3OP(=O)(O)OC[C@H]3O[C@@H](n4cc(C)c(=O)[nH]c4=O)C[C@@H]3OP(=O)(O)OC[C@H]3O[C@@H](n4cc(C)c(=O)[nH]c4=O)C[C@@H]3O)[C@@H](COP(=O)(O)O)O2)c(=O)[nH]c1=O. The van der Waals surface area contributed by atoms with E-state index in [0.29, 0.717) is 0 Å². The molecule has 12 N–H and O–H groups in total. The Balaban J connectivity index is 0.843. The maximum atomic E-state index is 14.1. The van der Waals surface area contributed by atoms with Crippen molar-refractivity contribution in [3.63, 3.8) is 0 Å². The smallest absolute Gasteiger partial charge is 0.390 e. The van der Waals surface area contributed by atoms with Crippen LogP contribution in [0.25, 0.3) is 0 Å². The Kier molecular flexibility index (Phi) is 23.3. The fourth-order valence-corrected chi connectivity index (χ4v) is 15.4. The third kappa shape index (κ3) is 19.0. The molecule has 5 aliphatic rings. The van der Waals surface area contributed by atoms with Crippen LogP contribution in [-0.4, -0.2) is 176 Å². The number of hydrogen-bond acceptors (Lipinski definition) is 30. The molecule has 101 heavy (non-hydrogen) atoms. The van der Waals surface area contributed by atoms with E-state index in [0.717, 1.165) is 47.6 Å². The van der Waals surface area contributed by atoms with Crippen LogP contribution < -0.4 is 56.2 Å². The van der Waals surface area contributed by atoms with Gasteiger partial charge in [-0.2, -0.15) is 0 Å². The van der Waals surface area contributed by atoms with Crippen molar-refractivity contribution in [3.05, 3.63) is 163 Å². The Morgan fingerprint density at radius 3 is 0.772 bits per heavy atom. The van der Waals surface area contributed by atoms with Gasteiger partial charge in [0.15, 0.2) is 0 Å². The number of phosphoric acid groups is 5. The summed E-state index contributed by atoms with van der Waals surface area (Å²) in [6.45, 7) is 1.33. The highest BCUT2D eigenvalue weighted by atomic mass is 31.2. The summed E-state index contributed by atoms with van der Waals surface area (Å²) in [7, 11) is -27.3. The molecule has 0 bridgehead atoms. The third-order valence-electron chi connectivity index (χ3n) is 16.3. The number of aliphatic hydroxyl groups is 1. The summed E-state index contributed by atoms with van der Waals surface area (Å²) in [6, 6.07) is 0. The van der Waals surface area contributed by atoms with Gasteiger partial charge in [0.05, 0.1) is 39.1 Å². The number of aliphatic hydroxyl groups excluding tert-OH is 1. The van der Waals surface area contributed by atoms with Gasteiger partial charge in [0.25, 0.3) is 27.8 Å². The molecule has 5 aromatic rings. The third-order valence-corrected chi connectivity index (χ3v) is 20.8. The molecule has 558 valence electrons. The molecule has 19 atom stereocenters. The minimum absolute atomic E-state index is 0.00763. The first-order valence-electron chi connectivity index (χ1n) is 30.0. The lowest BCUT2D eigenvalue weighted by molar-refractivity contribution is -0.0650. The summed E-state index contributed by atoms with van der Waals surface area (Å²) >= 11 is 0. The summed E-state index contributed by atoms with van der Waals surface area (Å²) in [4.78, 5) is 200. The van der Waals surface area contributed by atoms with Crippen LogP contribution in [0.4, 0.5) is 0 Å². The quantitative estimate of drug-likeness (QED) is 0.0225. The number of nitrogens with one attached hydrogen (secondary N) is 5. The number of H-pyrrole nitrogens is 5. The molecule has 5 aliphatic heterocycles. The molecule has 0 amide bonds. The second kappa shape index (κ2) is 30.4. The first-order valence-corrected chi connectivity index (χ1v) is 37.5. The highest BCUT2D eigenvalue weighted by Crippen LogP contribution is 2.55. The van der Waals surface area contributed by atoms with Crippen molar-refractivity contribution in [2.45, 2.75) is 159 Å². The number of aromatic nitrogens is 10. The van der Waals surface area contributed by atoms with Crippen LogP contribution in [0.3, 0.4) is 0 Å². The van der Waals surface area contributed by atoms with Gasteiger partial charge in [-0.1, -0.05) is 0 Å². The Morgan fingerprint density at radius 2 is 0.545 bits per heavy atom. The van der Waals surface area contributed by atoms with E-state index < -0.39 is 246 Å². The van der Waals surface area contributed by atoms with E-state index in [4.69, 9.17) is 59.9 Å². The van der Waals surface area contributed by atoms with E-state index in [-0.39, 0.29) is 34.2 Å². The molecule has 4 unspecified atom stereocenters. The van der Waals surface area contributed by atoms with Crippen LogP contribution in [0, 0.1) is 34.6 Å². The van der Waals surface area contributed by atoms with Gasteiger partial charge in [0, 0.05) is 90.9 Å². The van der Waals surface area contributed by atoms with E-state index in [1.807, 2.05) is 15.0 Å². The summed E-state index contributed by atoms with van der Waals surface area (Å²) in [5.41, 5.74) is -9.02. The van der Waals surface area contributed by atoms with Crippen LogP contribution in [0.2, 0.25) is 0 Å². The highest BCUT2D eigenvalue weighted by Gasteiger charge is 2.50. The van der Waals surface area contributed by atoms with E-state index >= 15 is 0 Å². The molecule has 0 radical (unpaired) electrons. The van der Waals surface area contributed by atoms with Crippen molar-refractivity contribution >= 4 is 39.1 Å². The Labute approximate surface area is 561 Å². The zero-order chi connectivity index (χ0) is 73.7. The van der Waals surface area contributed by atoms with Crippen LogP contribution in [0.1, 0.15) is 91.1 Å². The standard InChI is InChI=1S/C50H67N10O36P5/c1-21-11-56(46(67)51-41(21)62)36-6-26(61)31(88-36)16-84-98(75,76)94-28-8-38(58-13-23(3)43(64)53-48(58)69)90-33(28)18-86-100(79,80)96-30-10-40(60-15-25(5)45(66)55-50(60)71)92-35(30)20-87-101(81,82)95-29-9-39(59-14-24(4)44(65)54-49(59)70)91-34(29)19-85-99(77,78)93-27-7-37(89-32(27)17-83-97(72,73)74)57-12-22(2)42(63)52-47(57)68/h11-15,26-40,61H,6-10,16-20H2,1-5H3,(H,75,76)(H,77,78)(H,79,80)(H,81,82)(H,51,62,67)(H,52,63,68)(H,53,64,69)(H,54,65,70)(H,55,66,71)(H2,72,73,74)/t26-,27-,28-,29-,30-,31+,32+,33+,34+,35+,36+,37+,38+,39+,40+/m0/s1. The van der Waals surface area contributed by atoms with Gasteiger partial charge in [-0.25, -0.2) is 46.8 Å². The van der Waals surface area contributed by atoms with E-state index in [2.05, 4.69) is 14.5 Å². The van der Waals surface area contributed by atoms with Crippen molar-refractivity contribution in [1.29, 1.82) is 0 Å². The van der Waals surface area contributed by atoms with Gasteiger partial charge in [-0.15, -0.1) is 0 Å². The van der Waals surface area contributed by atoms with Gasteiger partial charge in [-0.05, 0) is 34.6 Å². The Morgan fingerprint density at radius 1 is 0.347 bits per heavy atom. The van der Waals surface area contributed by atoms with Gasteiger partial charge >= 0.3 is 67.6 Å². The molecule has 5 saturated heterocycles. The van der Waals surface area contributed by atoms with Crippen LogP contribution in [-0.2, 0) is 87.2 Å². The first-order chi connectivity index (χ1) is 47.1. The van der Waals surface area contributed by atoms with Crippen molar-refractivity contribution in [2.24, 2.45) is 0 Å². The number of nitrogens with zero attached hydrogens (tertiary/aromatic N) is 5. The highest BCUT2D eigenvalue weighted by molar-refractivity contribution is 7.48. The predicted molar refractivity (Wildman–Crippen MR) is 330 cm³/mol. The van der Waals surface area contributed by atoms with Crippen LogP contribution >= 0.6 is 39.1 Å². The second-order valence-electron chi connectivity index (χ2n) is 23.7. The van der Waals surface area contributed by atoms with Crippen molar-refractivity contribution in [2.75, 3.05) is 33.0 Å². The Bertz CT molecular complexity index is 4840. The molecule has 46 nitrogen and oxygen atoms in total. The molecular formula is C50H67N10O36P5. The molecule has 10 rings (SSSR count). The zero-order valence-corrected chi connectivity index (χ0v) is 57.5. The minimum atomic E-state index is -5.64. The molecule has 0 spiro atoms. The lowest BCUT2D eigenvalue weighted by Gasteiger charge is -2.26. The normalized spacial score (nSPS) is 29.4. The average molecular weight is 1540 g/mol. The topological polar surface area (TPSA) is 630 Å². The predicted octanol–water partition coefficient (Wildman–Crippen LogP) is -2.80. The largest absolute Gasteiger partial charge is 0.472 e. The van der Waals surface area contributed by atoms with Crippen molar-refractivity contribution in [3.8, 4) is 0 Å². The monoisotopic (exact) mass is 1540 g/mol. The molecule has 0 aromatic carbocycles. The summed E-state index contributed by atoms with van der Waals surface area (Å²) < 4.78 is 148. The van der Waals surface area contributed by atoms with Gasteiger partial charge in [0.1, 0.15) is 86.1 Å². The number of ether oxygens (including phenoxy) is 5. The maximum absolute atomic E-state index is 14.1. The number of hydrogen-bond donors (Lipinski definition) is 12. The molecule has 0 saturated carbocycles. The fourth-order valence-electron chi connectivity index (χ4n) is 11.2. The zero-order valence-electron chi connectivity index (χ0n) is 53.1. The molecule has 10 heterocycles. The maximum Gasteiger partial charge on any atom is 0.472 e. The molecule has 0 aliphatic carbocycles. The average Bonchev–Trinajstić information content (AvgIpc) is 1.68. The van der Waals surface area contributed by atoms with Gasteiger partial charge in [-0.3, -0.25) is 112 Å². The molecular weight excluding hydrogens is 1470 g/mol.